The topological polar surface area (TPSA) is 58.9 Å². The third kappa shape index (κ3) is 3.91. The van der Waals surface area contributed by atoms with E-state index in [2.05, 4.69) is 20.6 Å². The van der Waals surface area contributed by atoms with Crippen LogP contribution in [0.15, 0.2) is 12.4 Å². The first-order valence-corrected chi connectivity index (χ1v) is 6.88. The van der Waals surface area contributed by atoms with Crippen LogP contribution in [0, 0.1) is 0 Å². The summed E-state index contributed by atoms with van der Waals surface area (Å²) in [4.78, 5) is 1.95. The van der Waals surface area contributed by atoms with Crippen molar-refractivity contribution in [2.24, 2.45) is 7.05 Å². The maximum atomic E-state index is 12.5. The van der Waals surface area contributed by atoms with Crippen molar-refractivity contribution in [1.82, 2.24) is 24.9 Å². The van der Waals surface area contributed by atoms with Crippen LogP contribution in [0.1, 0.15) is 16.6 Å². The molecule has 21 heavy (non-hydrogen) atoms. The van der Waals surface area contributed by atoms with E-state index in [9.17, 15) is 13.2 Å². The monoisotopic (exact) mass is 320 g/mol. The van der Waals surface area contributed by atoms with Crippen molar-refractivity contribution in [3.63, 3.8) is 0 Å². The summed E-state index contributed by atoms with van der Waals surface area (Å²) in [6.45, 7) is 0.408. The molecule has 2 rings (SSSR count). The number of nitrogens with zero attached hydrogens (tertiary/aromatic N) is 5. The van der Waals surface area contributed by atoms with E-state index in [0.29, 0.717) is 17.9 Å². The fourth-order valence-electron chi connectivity index (χ4n) is 1.80. The normalized spacial score (nSPS) is 13.7. The smallest absolute Gasteiger partial charge is 0.358 e. The molecule has 0 saturated carbocycles. The van der Waals surface area contributed by atoms with Gasteiger partial charge in [-0.25, -0.2) is 0 Å². The predicted molar refractivity (Wildman–Crippen MR) is 73.0 cm³/mol. The summed E-state index contributed by atoms with van der Waals surface area (Å²) < 4.78 is 39.0. The third-order valence-corrected chi connectivity index (χ3v) is 3.77. The number of hydrogen-bond acceptors (Lipinski definition) is 6. The molecule has 6 nitrogen and oxygen atoms in total. The van der Waals surface area contributed by atoms with E-state index in [-0.39, 0.29) is 11.2 Å². The summed E-state index contributed by atoms with van der Waals surface area (Å²) in [6.07, 6.45) is -0.858. The average Bonchev–Trinajstić information content (AvgIpc) is 2.98. The number of aryl methyl sites for hydroxylation is 1. The third-order valence-electron chi connectivity index (χ3n) is 2.85. The van der Waals surface area contributed by atoms with Crippen LogP contribution in [0.2, 0.25) is 0 Å². The molecule has 2 aromatic heterocycles. The van der Waals surface area contributed by atoms with Gasteiger partial charge in [0, 0.05) is 25.4 Å². The van der Waals surface area contributed by atoms with Crippen LogP contribution < -0.4 is 5.32 Å². The molecule has 0 bridgehead atoms. The molecule has 1 unspecified atom stereocenters. The van der Waals surface area contributed by atoms with Crippen molar-refractivity contribution < 1.29 is 13.2 Å². The number of aromatic nitrogens is 4. The van der Waals surface area contributed by atoms with Crippen LogP contribution in [0.25, 0.3) is 0 Å². The molecule has 0 aromatic carbocycles. The molecule has 1 atom stereocenters. The van der Waals surface area contributed by atoms with Crippen molar-refractivity contribution in [2.45, 2.75) is 12.2 Å². The zero-order valence-electron chi connectivity index (χ0n) is 11.7. The lowest BCUT2D eigenvalue weighted by molar-refractivity contribution is -0.138. The Hall–Kier alpha value is -1.68. The molecule has 10 heteroatoms. The zero-order valence-corrected chi connectivity index (χ0v) is 12.5. The highest BCUT2D eigenvalue weighted by atomic mass is 32.1. The number of alkyl halides is 3. The van der Waals surface area contributed by atoms with Gasteiger partial charge in [0.1, 0.15) is 0 Å². The number of likely N-dealkylation sites (N-methyl/N-ethyl adjacent to an activating group) is 1. The fraction of sp³-hybridized carbons (Fsp3) is 0.545. The lowest BCUT2D eigenvalue weighted by atomic mass is 10.1. The lowest BCUT2D eigenvalue weighted by Gasteiger charge is -2.23. The molecular formula is C11H15F3N6S. The largest absolute Gasteiger partial charge is 0.445 e. The van der Waals surface area contributed by atoms with Crippen molar-refractivity contribution in [1.29, 1.82) is 0 Å². The number of anilines is 1. The van der Waals surface area contributed by atoms with Crippen molar-refractivity contribution in [3.05, 3.63) is 23.0 Å². The standard InChI is InChI=1S/C11H15F3N6S/c1-19(2)8(7-4-16-20(3)6-7)5-15-10-18-17-9(21-10)11(12,13)14/h4,6,8H,5H2,1-3H3,(H,15,18). The van der Waals surface area contributed by atoms with E-state index in [1.54, 1.807) is 10.9 Å². The van der Waals surface area contributed by atoms with Crippen LogP contribution in [-0.2, 0) is 13.2 Å². The van der Waals surface area contributed by atoms with Crippen molar-refractivity contribution in [3.8, 4) is 0 Å². The molecule has 0 spiro atoms. The van der Waals surface area contributed by atoms with Crippen LogP contribution in [0.3, 0.4) is 0 Å². The molecule has 0 aliphatic rings. The number of hydrogen-bond donors (Lipinski definition) is 1. The number of nitrogens with one attached hydrogen (secondary N) is 1. The van der Waals surface area contributed by atoms with E-state index in [0.717, 1.165) is 5.56 Å². The van der Waals surface area contributed by atoms with Crippen LogP contribution in [-0.4, -0.2) is 45.5 Å². The minimum atomic E-state index is -4.46. The summed E-state index contributed by atoms with van der Waals surface area (Å²) in [5.74, 6) is 0. The molecule has 1 N–H and O–H groups in total. The molecule has 0 fully saturated rings. The van der Waals surface area contributed by atoms with Gasteiger partial charge in [0.2, 0.25) is 10.1 Å². The minimum absolute atomic E-state index is 0.0306. The van der Waals surface area contributed by atoms with Crippen LogP contribution in [0.4, 0.5) is 18.3 Å². The van der Waals surface area contributed by atoms with Crippen molar-refractivity contribution in [2.75, 3.05) is 26.0 Å². The Labute approximate surface area is 123 Å². The second-order valence-electron chi connectivity index (χ2n) is 4.72. The highest BCUT2D eigenvalue weighted by Gasteiger charge is 2.35. The summed E-state index contributed by atoms with van der Waals surface area (Å²) in [5.41, 5.74) is 0.968. The first kappa shape index (κ1) is 15.7. The van der Waals surface area contributed by atoms with Gasteiger partial charge in [-0.15, -0.1) is 10.2 Å². The second kappa shape index (κ2) is 5.98. The van der Waals surface area contributed by atoms with Gasteiger partial charge in [-0.1, -0.05) is 11.3 Å². The fourth-order valence-corrected chi connectivity index (χ4v) is 2.42. The molecule has 0 aliphatic heterocycles. The number of rotatable bonds is 5. The molecule has 0 aliphatic carbocycles. The Kier molecular flexibility index (Phi) is 4.47. The predicted octanol–water partition coefficient (Wildman–Crippen LogP) is 2.01. The Morgan fingerprint density at radius 2 is 2.10 bits per heavy atom. The van der Waals surface area contributed by atoms with E-state index < -0.39 is 11.2 Å². The van der Waals surface area contributed by atoms with Gasteiger partial charge in [0.15, 0.2) is 0 Å². The van der Waals surface area contributed by atoms with Gasteiger partial charge in [0.05, 0.1) is 12.2 Å². The summed E-state index contributed by atoms with van der Waals surface area (Å²) in [5, 5.41) is 12.8. The van der Waals surface area contributed by atoms with Gasteiger partial charge in [-0.3, -0.25) is 4.68 Å². The highest BCUT2D eigenvalue weighted by Crippen LogP contribution is 2.33. The second-order valence-corrected chi connectivity index (χ2v) is 5.70. The van der Waals surface area contributed by atoms with Gasteiger partial charge in [0.25, 0.3) is 0 Å². The van der Waals surface area contributed by atoms with Crippen LogP contribution in [0.5, 0.6) is 0 Å². The van der Waals surface area contributed by atoms with Crippen LogP contribution >= 0.6 is 11.3 Å². The maximum Gasteiger partial charge on any atom is 0.445 e. The van der Waals surface area contributed by atoms with Gasteiger partial charge >= 0.3 is 6.18 Å². The van der Waals surface area contributed by atoms with Gasteiger partial charge in [-0.05, 0) is 14.1 Å². The summed E-state index contributed by atoms with van der Waals surface area (Å²) >= 11 is 0.496. The van der Waals surface area contributed by atoms with E-state index in [1.165, 1.54) is 0 Å². The Balaban J connectivity index is 2.04. The molecule has 0 saturated heterocycles. The molecule has 0 amide bonds. The van der Waals surface area contributed by atoms with E-state index in [1.807, 2.05) is 32.2 Å². The first-order valence-electron chi connectivity index (χ1n) is 6.07. The van der Waals surface area contributed by atoms with Gasteiger partial charge < -0.3 is 10.2 Å². The number of halogens is 3. The summed E-state index contributed by atoms with van der Waals surface area (Å²) in [7, 11) is 5.59. The Morgan fingerprint density at radius 3 is 2.57 bits per heavy atom. The molecule has 2 heterocycles. The molecule has 2 aromatic rings. The highest BCUT2D eigenvalue weighted by molar-refractivity contribution is 7.15. The SMILES string of the molecule is CN(C)C(CNc1nnc(C(F)(F)F)s1)c1cnn(C)c1. The maximum absolute atomic E-state index is 12.5. The van der Waals surface area contributed by atoms with E-state index >= 15 is 0 Å². The molecule has 116 valence electrons. The Morgan fingerprint density at radius 1 is 1.38 bits per heavy atom. The lowest BCUT2D eigenvalue weighted by Crippen LogP contribution is -2.26. The van der Waals surface area contributed by atoms with Crippen molar-refractivity contribution >= 4 is 16.5 Å². The quantitative estimate of drug-likeness (QED) is 0.913. The average molecular weight is 320 g/mol. The minimum Gasteiger partial charge on any atom is -0.358 e. The summed E-state index contributed by atoms with van der Waals surface area (Å²) in [6, 6.07) is -0.0306. The van der Waals surface area contributed by atoms with Gasteiger partial charge in [-0.2, -0.15) is 18.3 Å². The molecule has 0 radical (unpaired) electrons. The zero-order chi connectivity index (χ0) is 15.6. The molecular weight excluding hydrogens is 305 g/mol. The first-order chi connectivity index (χ1) is 9.77. The Bertz CT molecular complexity index is 591. The van der Waals surface area contributed by atoms with E-state index in [4.69, 9.17) is 0 Å².